The maximum absolute atomic E-state index is 5.88. The fraction of sp³-hybridized carbons (Fsp3) is 0.500. The number of nitrogens with zero attached hydrogens (tertiary/aromatic N) is 5. The van der Waals surface area contributed by atoms with E-state index < -0.39 is 0 Å². The molecular weight excluding hydrogens is 274 g/mol. The van der Waals surface area contributed by atoms with Crippen molar-refractivity contribution in [2.45, 2.75) is 25.8 Å². The minimum absolute atomic E-state index is 0.623. The Bertz CT molecular complexity index is 632. The molecule has 0 spiro atoms. The normalized spacial score (nSPS) is 18.1. The molecule has 1 saturated heterocycles. The highest BCUT2D eigenvalue weighted by Crippen LogP contribution is 2.32. The van der Waals surface area contributed by atoms with Crippen molar-refractivity contribution in [3.8, 4) is 0 Å². The molecule has 0 unspecified atom stereocenters. The van der Waals surface area contributed by atoms with E-state index in [2.05, 4.69) is 20.0 Å². The van der Waals surface area contributed by atoms with Gasteiger partial charge in [-0.25, -0.2) is 9.97 Å². The predicted octanol–water partition coefficient (Wildman–Crippen LogP) is 1.95. The third kappa shape index (κ3) is 2.06. The van der Waals surface area contributed by atoms with E-state index in [4.69, 9.17) is 11.6 Å². The van der Waals surface area contributed by atoms with Crippen LogP contribution < -0.4 is 4.90 Å². The average molecular weight is 290 g/mol. The highest BCUT2D eigenvalue weighted by Gasteiger charge is 2.31. The number of hydrogen-bond acceptors (Lipinski definition) is 4. The van der Waals surface area contributed by atoms with Gasteiger partial charge < -0.3 is 4.90 Å². The van der Waals surface area contributed by atoms with Gasteiger partial charge in [0.2, 0.25) is 0 Å². The molecule has 0 radical (unpaired) electrons. The van der Waals surface area contributed by atoms with Gasteiger partial charge in [-0.3, -0.25) is 4.68 Å². The van der Waals surface area contributed by atoms with Crippen LogP contribution in [0, 0.1) is 5.92 Å². The quantitative estimate of drug-likeness (QED) is 0.866. The second kappa shape index (κ2) is 4.74. The summed E-state index contributed by atoms with van der Waals surface area (Å²) in [5.41, 5.74) is 2.62. The maximum atomic E-state index is 5.88. The number of fused-ring (bicyclic) bond motifs is 1. The minimum Gasteiger partial charge on any atom is -0.355 e. The molecule has 0 N–H and O–H groups in total. The van der Waals surface area contributed by atoms with E-state index in [0.29, 0.717) is 10.9 Å². The smallest absolute Gasteiger partial charge is 0.135 e. The fourth-order valence-electron chi connectivity index (χ4n) is 3.18. The van der Waals surface area contributed by atoms with Crippen LogP contribution in [-0.2, 0) is 19.4 Å². The van der Waals surface area contributed by atoms with Gasteiger partial charge in [0.25, 0.3) is 0 Å². The first-order valence-electron chi connectivity index (χ1n) is 7.05. The standard InChI is InChI=1S/C14H16ClN5/c15-11-4-18-20(8-11)7-10-5-19(6-10)14-12-2-1-3-13(12)16-9-17-14/h4,8-10H,1-3,5-7H2. The summed E-state index contributed by atoms with van der Waals surface area (Å²) >= 11 is 5.88. The van der Waals surface area contributed by atoms with Gasteiger partial charge in [-0.05, 0) is 19.3 Å². The summed E-state index contributed by atoms with van der Waals surface area (Å²) in [6, 6.07) is 0. The van der Waals surface area contributed by atoms with Crippen LogP contribution in [0.1, 0.15) is 17.7 Å². The van der Waals surface area contributed by atoms with Crippen molar-refractivity contribution < 1.29 is 0 Å². The van der Waals surface area contributed by atoms with Gasteiger partial charge in [0, 0.05) is 43.0 Å². The minimum atomic E-state index is 0.623. The van der Waals surface area contributed by atoms with E-state index >= 15 is 0 Å². The van der Waals surface area contributed by atoms with Crippen LogP contribution in [0.25, 0.3) is 0 Å². The van der Waals surface area contributed by atoms with Crippen molar-refractivity contribution in [1.29, 1.82) is 0 Å². The molecular formula is C14H16ClN5. The van der Waals surface area contributed by atoms with Gasteiger partial charge in [0.15, 0.2) is 0 Å². The van der Waals surface area contributed by atoms with Crippen molar-refractivity contribution in [2.24, 2.45) is 5.92 Å². The topological polar surface area (TPSA) is 46.8 Å². The van der Waals surface area contributed by atoms with Crippen molar-refractivity contribution in [1.82, 2.24) is 19.7 Å². The molecule has 2 aromatic rings. The maximum Gasteiger partial charge on any atom is 0.135 e. The number of aromatic nitrogens is 4. The molecule has 1 aliphatic heterocycles. The number of anilines is 1. The lowest BCUT2D eigenvalue weighted by Crippen LogP contribution is -2.49. The van der Waals surface area contributed by atoms with Gasteiger partial charge in [0.05, 0.1) is 11.2 Å². The predicted molar refractivity (Wildman–Crippen MR) is 77.0 cm³/mol. The van der Waals surface area contributed by atoms with Gasteiger partial charge in [-0.2, -0.15) is 5.10 Å². The van der Waals surface area contributed by atoms with E-state index in [9.17, 15) is 0 Å². The van der Waals surface area contributed by atoms with Gasteiger partial charge in [0.1, 0.15) is 12.1 Å². The molecule has 0 saturated carbocycles. The molecule has 4 rings (SSSR count). The van der Waals surface area contributed by atoms with E-state index in [1.165, 1.54) is 17.7 Å². The number of rotatable bonds is 3. The van der Waals surface area contributed by atoms with Crippen LogP contribution in [0.15, 0.2) is 18.7 Å². The molecule has 3 heterocycles. The SMILES string of the molecule is Clc1cnn(CC2CN(c3ncnc4c3CCC4)C2)c1. The van der Waals surface area contributed by atoms with Gasteiger partial charge in [-0.15, -0.1) is 0 Å². The Morgan fingerprint density at radius 2 is 2.15 bits per heavy atom. The zero-order valence-electron chi connectivity index (χ0n) is 11.2. The second-order valence-electron chi connectivity index (χ2n) is 5.63. The van der Waals surface area contributed by atoms with Crippen LogP contribution >= 0.6 is 11.6 Å². The zero-order chi connectivity index (χ0) is 13.5. The lowest BCUT2D eigenvalue weighted by molar-refractivity contribution is 0.339. The van der Waals surface area contributed by atoms with Crippen LogP contribution in [-0.4, -0.2) is 32.8 Å². The Labute approximate surface area is 122 Å². The van der Waals surface area contributed by atoms with Crippen molar-refractivity contribution >= 4 is 17.4 Å². The first-order valence-corrected chi connectivity index (χ1v) is 7.43. The van der Waals surface area contributed by atoms with E-state index in [1.54, 1.807) is 12.5 Å². The summed E-state index contributed by atoms with van der Waals surface area (Å²) in [7, 11) is 0. The van der Waals surface area contributed by atoms with Crippen LogP contribution in [0.4, 0.5) is 5.82 Å². The highest BCUT2D eigenvalue weighted by molar-refractivity contribution is 6.30. The molecule has 2 aliphatic rings. The third-order valence-corrected chi connectivity index (χ3v) is 4.35. The average Bonchev–Trinajstić information content (AvgIpc) is 3.01. The van der Waals surface area contributed by atoms with E-state index in [0.717, 1.165) is 38.3 Å². The third-order valence-electron chi connectivity index (χ3n) is 4.16. The molecule has 6 heteroatoms. The Balaban J connectivity index is 1.43. The monoisotopic (exact) mass is 289 g/mol. The first kappa shape index (κ1) is 12.1. The fourth-order valence-corrected chi connectivity index (χ4v) is 3.33. The summed E-state index contributed by atoms with van der Waals surface area (Å²) in [4.78, 5) is 11.2. The first-order chi connectivity index (χ1) is 9.79. The summed E-state index contributed by atoms with van der Waals surface area (Å²) in [5, 5.41) is 4.94. The van der Waals surface area contributed by atoms with Crippen LogP contribution in [0.5, 0.6) is 0 Å². The molecule has 2 aromatic heterocycles. The number of halogens is 1. The summed E-state index contributed by atoms with van der Waals surface area (Å²) in [5.74, 6) is 1.78. The summed E-state index contributed by atoms with van der Waals surface area (Å²) in [6.07, 6.45) is 8.72. The lowest BCUT2D eigenvalue weighted by atomic mass is 9.99. The van der Waals surface area contributed by atoms with Gasteiger partial charge >= 0.3 is 0 Å². The van der Waals surface area contributed by atoms with E-state index in [1.807, 2.05) is 10.9 Å². The molecule has 20 heavy (non-hydrogen) atoms. The Morgan fingerprint density at radius 1 is 1.25 bits per heavy atom. The molecule has 5 nitrogen and oxygen atoms in total. The highest BCUT2D eigenvalue weighted by atomic mass is 35.5. The Hall–Kier alpha value is -1.62. The Kier molecular flexibility index (Phi) is 2.88. The largest absolute Gasteiger partial charge is 0.355 e. The molecule has 0 aromatic carbocycles. The Morgan fingerprint density at radius 3 is 2.95 bits per heavy atom. The molecule has 0 amide bonds. The van der Waals surface area contributed by atoms with Crippen LogP contribution in [0.3, 0.4) is 0 Å². The summed E-state index contributed by atoms with van der Waals surface area (Å²) in [6.45, 7) is 3.01. The zero-order valence-corrected chi connectivity index (χ0v) is 11.9. The second-order valence-corrected chi connectivity index (χ2v) is 6.06. The molecule has 0 bridgehead atoms. The van der Waals surface area contributed by atoms with Crippen LogP contribution in [0.2, 0.25) is 5.02 Å². The lowest BCUT2D eigenvalue weighted by Gasteiger charge is -2.40. The molecule has 1 aliphatic carbocycles. The number of aryl methyl sites for hydroxylation is 1. The van der Waals surface area contributed by atoms with E-state index in [-0.39, 0.29) is 0 Å². The van der Waals surface area contributed by atoms with Crippen molar-refractivity contribution in [3.05, 3.63) is 35.0 Å². The molecule has 1 fully saturated rings. The summed E-state index contributed by atoms with van der Waals surface area (Å²) < 4.78 is 1.93. The van der Waals surface area contributed by atoms with Gasteiger partial charge in [-0.1, -0.05) is 11.6 Å². The number of hydrogen-bond donors (Lipinski definition) is 0. The molecule has 0 atom stereocenters. The van der Waals surface area contributed by atoms with Crippen molar-refractivity contribution in [2.75, 3.05) is 18.0 Å². The van der Waals surface area contributed by atoms with Crippen molar-refractivity contribution in [3.63, 3.8) is 0 Å². The molecule has 104 valence electrons.